The van der Waals surface area contributed by atoms with Crippen LogP contribution in [0.5, 0.6) is 5.88 Å². The van der Waals surface area contributed by atoms with Crippen molar-refractivity contribution in [1.29, 1.82) is 5.26 Å². The molecule has 1 N–H and O–H groups in total. The molecule has 1 atom stereocenters. The van der Waals surface area contributed by atoms with Crippen molar-refractivity contribution in [2.45, 2.75) is 25.8 Å². The molecule has 6 nitrogen and oxygen atoms in total. The van der Waals surface area contributed by atoms with Crippen LogP contribution in [-0.2, 0) is 7.05 Å². The lowest BCUT2D eigenvalue weighted by molar-refractivity contribution is 0.0938. The van der Waals surface area contributed by atoms with Gasteiger partial charge in [0.25, 0.3) is 5.91 Å². The predicted molar refractivity (Wildman–Crippen MR) is 61.5 cm³/mol. The van der Waals surface area contributed by atoms with E-state index in [2.05, 4.69) is 10.4 Å². The van der Waals surface area contributed by atoms with Crippen LogP contribution >= 0.6 is 0 Å². The molecule has 0 fully saturated rings. The van der Waals surface area contributed by atoms with Gasteiger partial charge in [-0.25, -0.2) is 4.68 Å². The van der Waals surface area contributed by atoms with Gasteiger partial charge in [0.1, 0.15) is 6.04 Å². The molecule has 1 unspecified atom stereocenters. The Morgan fingerprint density at radius 3 is 2.94 bits per heavy atom. The number of nitrogens with one attached hydrogen (secondary N) is 1. The molecule has 1 aromatic rings. The zero-order valence-electron chi connectivity index (χ0n) is 10.2. The highest BCUT2D eigenvalue weighted by Gasteiger charge is 2.16. The Balaban J connectivity index is 2.72. The molecule has 0 saturated carbocycles. The van der Waals surface area contributed by atoms with Gasteiger partial charge in [-0.15, -0.1) is 0 Å². The number of carbonyl (C=O) groups is 1. The highest BCUT2D eigenvalue weighted by Crippen LogP contribution is 2.11. The summed E-state index contributed by atoms with van der Waals surface area (Å²) in [6.45, 7) is 1.96. The van der Waals surface area contributed by atoms with Gasteiger partial charge in [0, 0.05) is 13.1 Å². The van der Waals surface area contributed by atoms with Crippen LogP contribution in [-0.4, -0.2) is 28.8 Å². The fourth-order valence-corrected chi connectivity index (χ4v) is 1.44. The quantitative estimate of drug-likeness (QED) is 0.821. The molecular formula is C11H16N4O2. The highest BCUT2D eigenvalue weighted by atomic mass is 16.5. The van der Waals surface area contributed by atoms with Gasteiger partial charge in [-0.1, -0.05) is 13.3 Å². The monoisotopic (exact) mass is 236 g/mol. The largest absolute Gasteiger partial charge is 0.481 e. The fourth-order valence-electron chi connectivity index (χ4n) is 1.44. The maximum absolute atomic E-state index is 11.8. The van der Waals surface area contributed by atoms with E-state index >= 15 is 0 Å². The maximum Gasteiger partial charge on any atom is 0.272 e. The molecule has 17 heavy (non-hydrogen) atoms. The van der Waals surface area contributed by atoms with Crippen molar-refractivity contribution in [3.8, 4) is 11.9 Å². The Morgan fingerprint density at radius 2 is 2.47 bits per heavy atom. The number of aryl methyl sites for hydroxylation is 1. The number of carbonyl (C=O) groups excluding carboxylic acids is 1. The molecule has 0 radical (unpaired) electrons. The molecular weight excluding hydrogens is 220 g/mol. The molecule has 92 valence electrons. The van der Waals surface area contributed by atoms with Gasteiger partial charge in [-0.3, -0.25) is 4.79 Å². The normalized spacial score (nSPS) is 11.6. The zero-order valence-corrected chi connectivity index (χ0v) is 10.2. The summed E-state index contributed by atoms with van der Waals surface area (Å²) in [5.41, 5.74) is 0.251. The van der Waals surface area contributed by atoms with E-state index in [0.717, 1.165) is 6.42 Å². The van der Waals surface area contributed by atoms with E-state index in [9.17, 15) is 4.79 Å². The molecule has 1 aromatic heterocycles. The Morgan fingerprint density at radius 1 is 1.76 bits per heavy atom. The molecule has 0 spiro atoms. The summed E-state index contributed by atoms with van der Waals surface area (Å²) in [6, 6.07) is 3.11. The average molecular weight is 236 g/mol. The Hall–Kier alpha value is -2.03. The van der Waals surface area contributed by atoms with Gasteiger partial charge < -0.3 is 10.1 Å². The maximum atomic E-state index is 11.8. The molecule has 6 heteroatoms. The van der Waals surface area contributed by atoms with Gasteiger partial charge in [0.05, 0.1) is 13.2 Å². The highest BCUT2D eigenvalue weighted by molar-refractivity contribution is 5.92. The van der Waals surface area contributed by atoms with Crippen LogP contribution in [0.25, 0.3) is 0 Å². The SMILES string of the molecule is CCCC(C#N)NC(=O)c1cc(OC)n(C)n1. The summed E-state index contributed by atoms with van der Waals surface area (Å²) >= 11 is 0. The molecule has 0 aliphatic rings. The van der Waals surface area contributed by atoms with Crippen LogP contribution in [0.1, 0.15) is 30.3 Å². The molecule has 0 bridgehead atoms. The number of hydrogen-bond acceptors (Lipinski definition) is 4. The molecule has 1 amide bonds. The lowest BCUT2D eigenvalue weighted by Crippen LogP contribution is -2.33. The van der Waals surface area contributed by atoms with E-state index in [-0.39, 0.29) is 11.6 Å². The van der Waals surface area contributed by atoms with Gasteiger partial charge in [-0.2, -0.15) is 10.4 Å². The van der Waals surface area contributed by atoms with Gasteiger partial charge >= 0.3 is 0 Å². The summed E-state index contributed by atoms with van der Waals surface area (Å²) < 4.78 is 6.48. The van der Waals surface area contributed by atoms with Crippen molar-refractivity contribution in [2.24, 2.45) is 7.05 Å². The fraction of sp³-hybridized carbons (Fsp3) is 0.545. The number of nitriles is 1. The second kappa shape index (κ2) is 5.89. The summed E-state index contributed by atoms with van der Waals surface area (Å²) in [4.78, 5) is 11.8. The predicted octanol–water partition coefficient (Wildman–Crippen LogP) is 0.851. The second-order valence-corrected chi connectivity index (χ2v) is 3.64. The Bertz CT molecular complexity index is 433. The van der Waals surface area contributed by atoms with E-state index in [1.54, 1.807) is 7.05 Å². The Kier molecular flexibility index (Phi) is 4.52. The second-order valence-electron chi connectivity index (χ2n) is 3.64. The van der Waals surface area contributed by atoms with E-state index < -0.39 is 6.04 Å². The first-order valence-corrected chi connectivity index (χ1v) is 5.40. The molecule has 0 aliphatic heterocycles. The number of methoxy groups -OCH3 is 1. The van der Waals surface area contributed by atoms with Crippen LogP contribution in [0.3, 0.4) is 0 Å². The average Bonchev–Trinajstić information content (AvgIpc) is 2.70. The lowest BCUT2D eigenvalue weighted by atomic mass is 10.2. The first-order valence-electron chi connectivity index (χ1n) is 5.40. The minimum Gasteiger partial charge on any atom is -0.481 e. The van der Waals surface area contributed by atoms with E-state index in [1.807, 2.05) is 13.0 Å². The number of aromatic nitrogens is 2. The van der Waals surface area contributed by atoms with Crippen LogP contribution in [0, 0.1) is 11.3 Å². The number of hydrogen-bond donors (Lipinski definition) is 1. The van der Waals surface area contributed by atoms with Crippen LogP contribution < -0.4 is 10.1 Å². The molecule has 1 heterocycles. The van der Waals surface area contributed by atoms with E-state index in [0.29, 0.717) is 12.3 Å². The first-order chi connectivity index (χ1) is 8.12. The van der Waals surface area contributed by atoms with Crippen LogP contribution in [0.2, 0.25) is 0 Å². The molecule has 0 aromatic carbocycles. The lowest BCUT2D eigenvalue weighted by Gasteiger charge is -2.08. The smallest absolute Gasteiger partial charge is 0.272 e. The Labute approximate surface area is 100 Å². The van der Waals surface area contributed by atoms with Crippen LogP contribution in [0.4, 0.5) is 0 Å². The van der Waals surface area contributed by atoms with Gasteiger partial charge in [-0.05, 0) is 6.42 Å². The van der Waals surface area contributed by atoms with Gasteiger partial charge in [0.15, 0.2) is 5.69 Å². The topological polar surface area (TPSA) is 79.9 Å². The third-order valence-corrected chi connectivity index (χ3v) is 2.32. The summed E-state index contributed by atoms with van der Waals surface area (Å²) in [7, 11) is 3.19. The van der Waals surface area contributed by atoms with Crippen molar-refractivity contribution in [3.63, 3.8) is 0 Å². The molecule has 0 aliphatic carbocycles. The van der Waals surface area contributed by atoms with Crippen molar-refractivity contribution in [3.05, 3.63) is 11.8 Å². The third kappa shape index (κ3) is 3.21. The third-order valence-electron chi connectivity index (χ3n) is 2.32. The van der Waals surface area contributed by atoms with Gasteiger partial charge in [0.2, 0.25) is 5.88 Å². The van der Waals surface area contributed by atoms with E-state index in [1.165, 1.54) is 17.9 Å². The van der Waals surface area contributed by atoms with Crippen molar-refractivity contribution >= 4 is 5.91 Å². The summed E-state index contributed by atoms with van der Waals surface area (Å²) in [5.74, 6) is 0.142. The number of rotatable bonds is 5. The number of amides is 1. The number of nitrogens with zero attached hydrogens (tertiary/aromatic N) is 3. The minimum atomic E-state index is -0.472. The number of ether oxygens (including phenoxy) is 1. The van der Waals surface area contributed by atoms with Crippen LogP contribution in [0.15, 0.2) is 6.07 Å². The zero-order chi connectivity index (χ0) is 12.8. The summed E-state index contributed by atoms with van der Waals surface area (Å²) in [6.07, 6.45) is 1.47. The standard InChI is InChI=1S/C11H16N4O2/c1-4-5-8(7-12)13-11(16)9-6-10(17-3)15(2)14-9/h6,8H,4-5H2,1-3H3,(H,13,16). The molecule has 1 rings (SSSR count). The van der Waals surface area contributed by atoms with Crippen molar-refractivity contribution in [2.75, 3.05) is 7.11 Å². The van der Waals surface area contributed by atoms with Crippen molar-refractivity contribution in [1.82, 2.24) is 15.1 Å². The minimum absolute atomic E-state index is 0.251. The van der Waals surface area contributed by atoms with Crippen molar-refractivity contribution < 1.29 is 9.53 Å². The van der Waals surface area contributed by atoms with E-state index in [4.69, 9.17) is 10.00 Å². The molecule has 0 saturated heterocycles. The first kappa shape index (κ1) is 13.0. The summed E-state index contributed by atoms with van der Waals surface area (Å²) in [5, 5.41) is 15.5.